The second-order valence-electron chi connectivity index (χ2n) is 13.2. The number of aromatic nitrogens is 1. The monoisotopic (exact) mass is 655 g/mol. The zero-order chi connectivity index (χ0) is 31.8. The molecule has 8 aromatic carbocycles. The van der Waals surface area contributed by atoms with E-state index >= 15 is 0 Å². The lowest BCUT2D eigenvalue weighted by Gasteiger charge is -2.12. The minimum atomic E-state index is 1.19. The maximum absolute atomic E-state index is 2.53. The predicted octanol–water partition coefficient (Wildman–Crippen LogP) is 14.0. The van der Waals surface area contributed by atoms with E-state index in [0.29, 0.717) is 0 Å². The third-order valence-corrected chi connectivity index (χ3v) is 13.1. The fourth-order valence-corrected chi connectivity index (χ4v) is 11.3. The average molecular weight is 656 g/mol. The molecule has 0 fully saturated rings. The maximum Gasteiger partial charge on any atom is 0.0727 e. The Morgan fingerprint density at radius 2 is 0.918 bits per heavy atom. The van der Waals surface area contributed by atoms with Crippen LogP contribution in [0.1, 0.15) is 0 Å². The number of hydrogen-bond donors (Lipinski definition) is 0. The van der Waals surface area contributed by atoms with E-state index in [2.05, 4.69) is 156 Å². The summed E-state index contributed by atoms with van der Waals surface area (Å²) in [5.41, 5.74) is 11.6. The van der Waals surface area contributed by atoms with Gasteiger partial charge in [0.05, 0.1) is 15.7 Å². The Balaban J connectivity index is 1.15. The second-order valence-corrected chi connectivity index (χ2v) is 15.3. The Morgan fingerprint density at radius 3 is 1.69 bits per heavy atom. The van der Waals surface area contributed by atoms with Crippen LogP contribution in [0.25, 0.3) is 112 Å². The van der Waals surface area contributed by atoms with Crippen LogP contribution in [-0.2, 0) is 0 Å². The van der Waals surface area contributed by atoms with Gasteiger partial charge < -0.3 is 4.57 Å². The SMILES string of the molecule is c1ccc2c(c1)-c1cccc3c(-c4ccc(-n5c6ccccc6c6c7c8ccccc8sc7c7c8ccccc8sc7c65)cc4)ccc-2c13. The van der Waals surface area contributed by atoms with Crippen LogP contribution in [0.3, 0.4) is 0 Å². The van der Waals surface area contributed by atoms with Crippen molar-refractivity contribution in [3.63, 3.8) is 0 Å². The second kappa shape index (κ2) is 9.45. The summed E-state index contributed by atoms with van der Waals surface area (Å²) in [6.45, 7) is 0. The molecule has 0 radical (unpaired) electrons. The summed E-state index contributed by atoms with van der Waals surface area (Å²) in [5, 5.41) is 10.8. The smallest absolute Gasteiger partial charge is 0.0727 e. The summed E-state index contributed by atoms with van der Waals surface area (Å²) in [7, 11) is 0. The number of rotatable bonds is 2. The van der Waals surface area contributed by atoms with Crippen LogP contribution in [0.5, 0.6) is 0 Å². The van der Waals surface area contributed by atoms with E-state index in [9.17, 15) is 0 Å². The van der Waals surface area contributed by atoms with Gasteiger partial charge in [0.2, 0.25) is 0 Å². The van der Waals surface area contributed by atoms with Gasteiger partial charge in [-0.3, -0.25) is 0 Å². The van der Waals surface area contributed by atoms with Gasteiger partial charge in [-0.25, -0.2) is 0 Å². The van der Waals surface area contributed by atoms with Crippen molar-refractivity contribution in [2.24, 2.45) is 0 Å². The van der Waals surface area contributed by atoms with Gasteiger partial charge in [0.1, 0.15) is 0 Å². The normalized spacial score (nSPS) is 12.5. The predicted molar refractivity (Wildman–Crippen MR) is 214 cm³/mol. The summed E-state index contributed by atoms with van der Waals surface area (Å²) in [4.78, 5) is 0. The summed E-state index contributed by atoms with van der Waals surface area (Å²) < 4.78 is 7.97. The van der Waals surface area contributed by atoms with Gasteiger partial charge in [-0.05, 0) is 74.5 Å². The first-order chi connectivity index (χ1) is 24.3. The van der Waals surface area contributed by atoms with Crippen LogP contribution in [0.15, 0.2) is 152 Å². The van der Waals surface area contributed by atoms with E-state index in [1.54, 1.807) is 0 Å². The summed E-state index contributed by atoms with van der Waals surface area (Å²) >= 11 is 3.87. The van der Waals surface area contributed by atoms with Crippen LogP contribution >= 0.6 is 22.7 Å². The van der Waals surface area contributed by atoms with E-state index < -0.39 is 0 Å². The van der Waals surface area contributed by atoms with Crippen LogP contribution in [0.2, 0.25) is 0 Å². The summed E-state index contributed by atoms with van der Waals surface area (Å²) in [5.74, 6) is 0. The Labute approximate surface area is 289 Å². The summed E-state index contributed by atoms with van der Waals surface area (Å²) in [6, 6.07) is 56.4. The molecule has 11 aromatic rings. The van der Waals surface area contributed by atoms with Gasteiger partial charge in [0, 0.05) is 52.1 Å². The fraction of sp³-hybridized carbons (Fsp3) is 0. The zero-order valence-corrected chi connectivity index (χ0v) is 27.8. The lowest BCUT2D eigenvalue weighted by Crippen LogP contribution is -1.94. The minimum absolute atomic E-state index is 1.19. The van der Waals surface area contributed by atoms with Gasteiger partial charge >= 0.3 is 0 Å². The lowest BCUT2D eigenvalue weighted by atomic mass is 9.94. The molecule has 3 heteroatoms. The zero-order valence-electron chi connectivity index (χ0n) is 26.2. The van der Waals surface area contributed by atoms with Crippen molar-refractivity contribution >= 4 is 95.6 Å². The van der Waals surface area contributed by atoms with Crippen LogP contribution < -0.4 is 0 Å². The number of hydrogen-bond acceptors (Lipinski definition) is 2. The Kier molecular flexibility index (Phi) is 5.06. The molecule has 1 aliphatic rings. The van der Waals surface area contributed by atoms with Crippen molar-refractivity contribution in [2.75, 3.05) is 0 Å². The van der Waals surface area contributed by atoms with Crippen molar-refractivity contribution in [1.29, 1.82) is 0 Å². The molecule has 3 heterocycles. The molecule has 0 saturated heterocycles. The first kappa shape index (κ1) is 26.2. The number of benzene rings is 8. The Morgan fingerprint density at radius 1 is 0.347 bits per heavy atom. The number of thiophene rings is 2. The highest BCUT2D eigenvalue weighted by Gasteiger charge is 2.25. The fourth-order valence-electron chi connectivity index (χ4n) is 8.73. The highest BCUT2D eigenvalue weighted by Crippen LogP contribution is 2.53. The van der Waals surface area contributed by atoms with Crippen molar-refractivity contribution in [1.82, 2.24) is 4.57 Å². The van der Waals surface area contributed by atoms with Crippen LogP contribution in [-0.4, -0.2) is 4.57 Å². The van der Waals surface area contributed by atoms with Crippen LogP contribution in [0, 0.1) is 0 Å². The van der Waals surface area contributed by atoms with Crippen molar-refractivity contribution in [3.05, 3.63) is 152 Å². The molecule has 0 N–H and O–H groups in total. The topological polar surface area (TPSA) is 4.93 Å². The molecule has 49 heavy (non-hydrogen) atoms. The van der Waals surface area contributed by atoms with E-state index in [-0.39, 0.29) is 0 Å². The highest BCUT2D eigenvalue weighted by molar-refractivity contribution is 7.30. The molecule has 226 valence electrons. The van der Waals surface area contributed by atoms with Crippen molar-refractivity contribution in [3.8, 4) is 39.1 Å². The van der Waals surface area contributed by atoms with Gasteiger partial charge in [0.25, 0.3) is 0 Å². The Bertz CT molecular complexity index is 3180. The first-order valence-electron chi connectivity index (χ1n) is 16.8. The quantitative estimate of drug-likeness (QED) is 0.175. The lowest BCUT2D eigenvalue weighted by molar-refractivity contribution is 1.19. The molecule has 1 aliphatic carbocycles. The summed E-state index contributed by atoms with van der Waals surface area (Å²) in [6.07, 6.45) is 0. The highest BCUT2D eigenvalue weighted by atomic mass is 32.1. The molecular formula is C46H25NS2. The number of para-hydroxylation sites is 1. The first-order valence-corrected chi connectivity index (χ1v) is 18.4. The molecular weight excluding hydrogens is 631 g/mol. The number of nitrogens with zero attached hydrogens (tertiary/aromatic N) is 1. The largest absolute Gasteiger partial charge is 0.308 e. The van der Waals surface area contributed by atoms with Gasteiger partial charge in [-0.1, -0.05) is 121 Å². The van der Waals surface area contributed by atoms with Crippen LogP contribution in [0.4, 0.5) is 0 Å². The standard InChI is InChI=1S/C46H25NS2/c1-2-11-30-29(10-1)32-16-9-15-31-28(24-25-33(30)40(31)32)26-20-22-27(23-21-26)47-37-17-6-3-12-34(37)41-42-35-13-4-7-18-38(35)48-45(42)43-36-14-5-8-19-39(36)49-46(43)44(41)47/h1-25H. The molecule has 0 aliphatic heterocycles. The maximum atomic E-state index is 2.53. The van der Waals surface area contributed by atoms with E-state index in [4.69, 9.17) is 0 Å². The molecule has 1 nitrogen and oxygen atoms in total. The van der Waals surface area contributed by atoms with Gasteiger partial charge in [-0.15, -0.1) is 22.7 Å². The van der Waals surface area contributed by atoms with E-state index in [1.807, 2.05) is 22.7 Å². The van der Waals surface area contributed by atoms with Gasteiger partial charge in [0.15, 0.2) is 0 Å². The molecule has 0 unspecified atom stereocenters. The molecule has 0 atom stereocenters. The van der Waals surface area contributed by atoms with E-state index in [0.717, 1.165) is 0 Å². The van der Waals surface area contributed by atoms with E-state index in [1.165, 1.54) is 112 Å². The molecule has 0 bridgehead atoms. The molecule has 3 aromatic heterocycles. The number of fused-ring (bicyclic) bond motifs is 15. The van der Waals surface area contributed by atoms with Crippen molar-refractivity contribution < 1.29 is 0 Å². The molecule has 0 amide bonds. The molecule has 0 spiro atoms. The Hall–Kier alpha value is -5.74. The third-order valence-electron chi connectivity index (χ3n) is 10.7. The minimum Gasteiger partial charge on any atom is -0.308 e. The molecule has 12 rings (SSSR count). The molecule has 0 saturated carbocycles. The third kappa shape index (κ3) is 3.34. The average Bonchev–Trinajstić information content (AvgIpc) is 3.91. The van der Waals surface area contributed by atoms with Crippen molar-refractivity contribution in [2.45, 2.75) is 0 Å². The van der Waals surface area contributed by atoms with Gasteiger partial charge in [-0.2, -0.15) is 0 Å².